The van der Waals surface area contributed by atoms with Crippen molar-refractivity contribution in [2.45, 2.75) is 61.7 Å². The second kappa shape index (κ2) is 9.41. The SMILES string of the molecule is CSC1(C(=O)O)C2Oc3cccc(C(C)OCC(O)CNC(C)(C)Cc4ccc5occc5c4)c3C21. The van der Waals surface area contributed by atoms with E-state index in [-0.39, 0.29) is 30.3 Å². The van der Waals surface area contributed by atoms with Crippen molar-refractivity contribution in [3.05, 3.63) is 65.4 Å². The molecule has 192 valence electrons. The van der Waals surface area contributed by atoms with Crippen LogP contribution in [0.4, 0.5) is 0 Å². The lowest BCUT2D eigenvalue weighted by atomic mass is 9.94. The van der Waals surface area contributed by atoms with Gasteiger partial charge in [0, 0.05) is 23.0 Å². The van der Waals surface area contributed by atoms with Crippen molar-refractivity contribution in [2.24, 2.45) is 0 Å². The number of carbonyl (C=O) groups is 1. The van der Waals surface area contributed by atoms with Crippen LogP contribution in [0.3, 0.4) is 0 Å². The number of β-amino-alcohol motifs (C(OH)–C–C–N with tert-alkyl or cyclic N) is 1. The van der Waals surface area contributed by atoms with E-state index in [0.29, 0.717) is 6.54 Å². The highest BCUT2D eigenvalue weighted by Gasteiger charge is 2.76. The summed E-state index contributed by atoms with van der Waals surface area (Å²) in [6.45, 7) is 6.72. The number of hydrogen-bond acceptors (Lipinski definition) is 7. The van der Waals surface area contributed by atoms with Gasteiger partial charge in [-0.15, -0.1) is 11.8 Å². The summed E-state index contributed by atoms with van der Waals surface area (Å²) in [5, 5.41) is 25.0. The highest BCUT2D eigenvalue weighted by Crippen LogP contribution is 2.68. The van der Waals surface area contributed by atoms with Crippen LogP contribution >= 0.6 is 11.8 Å². The number of ether oxygens (including phenoxy) is 2. The van der Waals surface area contributed by atoms with Crippen molar-refractivity contribution in [1.29, 1.82) is 0 Å². The molecule has 3 aromatic rings. The Labute approximate surface area is 215 Å². The number of benzene rings is 2. The first-order valence-electron chi connectivity index (χ1n) is 12.2. The zero-order chi connectivity index (χ0) is 25.7. The second-order valence-electron chi connectivity index (χ2n) is 10.4. The molecular weight excluding hydrogens is 478 g/mol. The minimum absolute atomic E-state index is 0.163. The minimum atomic E-state index is -0.931. The summed E-state index contributed by atoms with van der Waals surface area (Å²) in [4.78, 5) is 12.0. The van der Waals surface area contributed by atoms with Gasteiger partial charge in [0.25, 0.3) is 0 Å². The van der Waals surface area contributed by atoms with Gasteiger partial charge in [-0.25, -0.2) is 0 Å². The molecule has 0 spiro atoms. The Bertz CT molecular complexity index is 1270. The van der Waals surface area contributed by atoms with E-state index in [9.17, 15) is 15.0 Å². The number of aliphatic hydroxyl groups excluding tert-OH is 1. The lowest BCUT2D eigenvalue weighted by Crippen LogP contribution is -2.46. The van der Waals surface area contributed by atoms with Gasteiger partial charge in [-0.3, -0.25) is 4.79 Å². The van der Waals surface area contributed by atoms with Crippen LogP contribution in [-0.4, -0.2) is 58.1 Å². The molecule has 1 aliphatic carbocycles. The van der Waals surface area contributed by atoms with E-state index in [2.05, 4.69) is 31.3 Å². The van der Waals surface area contributed by atoms with Crippen molar-refractivity contribution in [1.82, 2.24) is 5.32 Å². The van der Waals surface area contributed by atoms with Crippen LogP contribution in [0.2, 0.25) is 0 Å². The number of nitrogens with one attached hydrogen (secondary N) is 1. The molecule has 1 saturated carbocycles. The Morgan fingerprint density at radius 2 is 2.08 bits per heavy atom. The van der Waals surface area contributed by atoms with Gasteiger partial charge in [0.1, 0.15) is 17.4 Å². The second-order valence-corrected chi connectivity index (χ2v) is 11.5. The smallest absolute Gasteiger partial charge is 0.324 e. The van der Waals surface area contributed by atoms with Crippen LogP contribution in [0.15, 0.2) is 53.1 Å². The van der Waals surface area contributed by atoms with E-state index < -0.39 is 16.8 Å². The maximum Gasteiger partial charge on any atom is 0.324 e. The molecule has 1 aromatic heterocycles. The van der Waals surface area contributed by atoms with Crippen molar-refractivity contribution in [2.75, 3.05) is 19.4 Å². The molecule has 5 unspecified atom stereocenters. The van der Waals surface area contributed by atoms with E-state index >= 15 is 0 Å². The van der Waals surface area contributed by atoms with Crippen LogP contribution in [0.25, 0.3) is 11.0 Å². The predicted molar refractivity (Wildman–Crippen MR) is 140 cm³/mol. The Kier molecular flexibility index (Phi) is 6.57. The molecule has 5 atom stereocenters. The number of hydrogen-bond donors (Lipinski definition) is 3. The maximum absolute atomic E-state index is 12.0. The van der Waals surface area contributed by atoms with Crippen molar-refractivity contribution in [3.63, 3.8) is 0 Å². The Balaban J connectivity index is 1.16. The molecule has 7 nitrogen and oxygen atoms in total. The predicted octanol–water partition coefficient (Wildman–Crippen LogP) is 4.53. The molecule has 5 rings (SSSR count). The number of furan rings is 1. The molecule has 0 bridgehead atoms. The Morgan fingerprint density at radius 1 is 1.28 bits per heavy atom. The van der Waals surface area contributed by atoms with Crippen molar-refractivity contribution < 1.29 is 28.9 Å². The first-order chi connectivity index (χ1) is 17.2. The van der Waals surface area contributed by atoms with Gasteiger partial charge in [0.05, 0.1) is 31.0 Å². The summed E-state index contributed by atoms with van der Waals surface area (Å²) in [5.74, 6) is -0.287. The number of carboxylic acids is 1. The fourth-order valence-electron chi connectivity index (χ4n) is 5.43. The van der Waals surface area contributed by atoms with Gasteiger partial charge in [-0.1, -0.05) is 18.2 Å². The molecule has 0 radical (unpaired) electrons. The normalized spacial score (nSPS) is 24.1. The average Bonchev–Trinajstić information content (AvgIpc) is 3.13. The number of carboxylic acid groups (broad SMARTS) is 1. The topological polar surface area (TPSA) is 101 Å². The number of fused-ring (bicyclic) bond motifs is 4. The van der Waals surface area contributed by atoms with Gasteiger partial charge in [-0.2, -0.15) is 0 Å². The van der Waals surface area contributed by atoms with Crippen LogP contribution < -0.4 is 10.1 Å². The largest absolute Gasteiger partial charge is 0.487 e. The summed E-state index contributed by atoms with van der Waals surface area (Å²) < 4.78 is 16.5. The third-order valence-electron chi connectivity index (χ3n) is 7.37. The van der Waals surface area contributed by atoms with E-state index in [1.807, 2.05) is 43.5 Å². The summed E-state index contributed by atoms with van der Waals surface area (Å²) in [7, 11) is 0. The van der Waals surface area contributed by atoms with Gasteiger partial charge in [0.15, 0.2) is 4.75 Å². The van der Waals surface area contributed by atoms with Crippen LogP contribution in [-0.2, 0) is 16.0 Å². The average molecular weight is 512 g/mol. The van der Waals surface area contributed by atoms with Gasteiger partial charge in [0.2, 0.25) is 0 Å². The number of rotatable bonds is 11. The molecule has 0 saturated heterocycles. The fraction of sp³-hybridized carbons (Fsp3) is 0.464. The maximum atomic E-state index is 12.0. The van der Waals surface area contributed by atoms with Crippen LogP contribution in [0.5, 0.6) is 5.75 Å². The number of thioether (sulfide) groups is 1. The molecule has 8 heteroatoms. The molecule has 2 heterocycles. The lowest BCUT2D eigenvalue weighted by molar-refractivity contribution is -0.137. The number of aliphatic hydroxyl groups is 1. The fourth-order valence-corrected chi connectivity index (χ4v) is 6.44. The Hall–Kier alpha value is -2.52. The molecule has 2 aromatic carbocycles. The Morgan fingerprint density at radius 3 is 2.83 bits per heavy atom. The molecular formula is C28H33NO6S. The highest BCUT2D eigenvalue weighted by molar-refractivity contribution is 8.01. The van der Waals surface area contributed by atoms with Gasteiger partial charge in [-0.05, 0) is 68.8 Å². The third-order valence-corrected chi connectivity index (χ3v) is 8.71. The van der Waals surface area contributed by atoms with E-state index in [1.165, 1.54) is 17.3 Å². The summed E-state index contributed by atoms with van der Waals surface area (Å²) >= 11 is 1.33. The molecule has 0 amide bonds. The molecule has 3 N–H and O–H groups in total. The molecule has 36 heavy (non-hydrogen) atoms. The van der Waals surface area contributed by atoms with E-state index in [1.54, 1.807) is 6.26 Å². The summed E-state index contributed by atoms with van der Waals surface area (Å²) in [5.41, 5.74) is 3.70. The monoisotopic (exact) mass is 511 g/mol. The van der Waals surface area contributed by atoms with Crippen molar-refractivity contribution in [3.8, 4) is 5.75 Å². The highest BCUT2D eigenvalue weighted by atomic mass is 32.2. The van der Waals surface area contributed by atoms with Crippen LogP contribution in [0, 0.1) is 0 Å². The summed E-state index contributed by atoms with van der Waals surface area (Å²) in [6.07, 6.45) is 2.98. The minimum Gasteiger partial charge on any atom is -0.487 e. The van der Waals surface area contributed by atoms with Gasteiger partial charge >= 0.3 is 5.97 Å². The lowest BCUT2D eigenvalue weighted by Gasteiger charge is -2.28. The van der Waals surface area contributed by atoms with Crippen LogP contribution in [0.1, 0.15) is 49.5 Å². The van der Waals surface area contributed by atoms with E-state index in [0.717, 1.165) is 34.3 Å². The first kappa shape index (κ1) is 25.1. The first-order valence-corrected chi connectivity index (χ1v) is 13.5. The zero-order valence-electron chi connectivity index (χ0n) is 21.0. The molecule has 1 fully saturated rings. The number of aliphatic carboxylic acids is 1. The van der Waals surface area contributed by atoms with Crippen molar-refractivity contribution >= 4 is 28.7 Å². The third kappa shape index (κ3) is 4.41. The molecule has 2 aliphatic rings. The zero-order valence-corrected chi connectivity index (χ0v) is 21.8. The van der Waals surface area contributed by atoms with E-state index in [4.69, 9.17) is 13.9 Å². The summed E-state index contributed by atoms with van der Waals surface area (Å²) in [6, 6.07) is 13.9. The molecule has 1 aliphatic heterocycles. The quantitative estimate of drug-likeness (QED) is 0.345. The standard InChI is InChI=1S/C28H33NO6S/c1-16(20-6-5-7-22-23(20)24-25(35-22)28(24,36-4)26(31)32)34-15-19(30)14-29-27(2,3)13-17-8-9-21-18(12-17)10-11-33-21/h5-12,16,19,24-25,29-30H,13-15H2,1-4H3,(H,31,32). The van der Waals surface area contributed by atoms with Gasteiger partial charge < -0.3 is 29.4 Å².